The minimum Gasteiger partial charge on any atom is -0.493 e. The first-order valence-electron chi connectivity index (χ1n) is 8.17. The fourth-order valence-electron chi connectivity index (χ4n) is 2.74. The molecule has 2 N–H and O–H groups in total. The second-order valence-electron chi connectivity index (χ2n) is 5.79. The molecule has 2 aromatic rings. The number of rotatable bonds is 4. The molecular formula is C19H18FN3O4. The number of methoxy groups -OCH3 is 2. The molecule has 1 aliphatic rings. The Kier molecular flexibility index (Phi) is 5.35. The van der Waals surface area contributed by atoms with Crippen molar-refractivity contribution in [2.24, 2.45) is 4.99 Å². The van der Waals surface area contributed by atoms with Crippen LogP contribution in [-0.4, -0.2) is 32.0 Å². The highest BCUT2D eigenvalue weighted by Crippen LogP contribution is 2.28. The standard InChI is InChI=1S/C19H18FN3O4/c1-26-15-8-7-11(9-16(15)27-2)18(25)23-19-21-14(10-17(24)22-19)12-5-3-4-6-13(12)20/h3-9,14H,10H2,1-2H3,(H2,21,22,23,24,25)/t14-/m1/s1. The van der Waals surface area contributed by atoms with Gasteiger partial charge < -0.3 is 9.47 Å². The van der Waals surface area contributed by atoms with Crippen LogP contribution in [0.2, 0.25) is 0 Å². The van der Waals surface area contributed by atoms with Crippen LogP contribution < -0.4 is 20.1 Å². The van der Waals surface area contributed by atoms with E-state index in [4.69, 9.17) is 9.47 Å². The fourth-order valence-corrected chi connectivity index (χ4v) is 2.74. The Hall–Kier alpha value is -3.42. The van der Waals surface area contributed by atoms with E-state index >= 15 is 0 Å². The monoisotopic (exact) mass is 371 g/mol. The minimum atomic E-state index is -0.708. The molecule has 0 aromatic heterocycles. The summed E-state index contributed by atoms with van der Waals surface area (Å²) < 4.78 is 24.3. The average Bonchev–Trinajstić information content (AvgIpc) is 2.67. The predicted octanol–water partition coefficient (Wildman–Crippen LogP) is 2.19. The Morgan fingerprint density at radius 2 is 1.93 bits per heavy atom. The second-order valence-corrected chi connectivity index (χ2v) is 5.79. The first kappa shape index (κ1) is 18.4. The predicted molar refractivity (Wildman–Crippen MR) is 96.3 cm³/mol. The van der Waals surface area contributed by atoms with Crippen molar-refractivity contribution in [3.05, 3.63) is 59.4 Å². The van der Waals surface area contributed by atoms with E-state index < -0.39 is 17.8 Å². The quantitative estimate of drug-likeness (QED) is 0.862. The van der Waals surface area contributed by atoms with Crippen molar-refractivity contribution in [3.8, 4) is 11.5 Å². The van der Waals surface area contributed by atoms with Crippen LogP contribution in [-0.2, 0) is 4.79 Å². The van der Waals surface area contributed by atoms with E-state index in [9.17, 15) is 14.0 Å². The van der Waals surface area contributed by atoms with Crippen molar-refractivity contribution in [3.63, 3.8) is 0 Å². The van der Waals surface area contributed by atoms with Gasteiger partial charge >= 0.3 is 0 Å². The molecule has 1 heterocycles. The zero-order valence-corrected chi connectivity index (χ0v) is 14.8. The molecule has 0 aliphatic carbocycles. The van der Waals surface area contributed by atoms with Gasteiger partial charge in [0.1, 0.15) is 5.82 Å². The Labute approximate surface area is 155 Å². The number of benzene rings is 2. The summed E-state index contributed by atoms with van der Waals surface area (Å²) in [6, 6.07) is 10.0. The lowest BCUT2D eigenvalue weighted by molar-refractivity contribution is -0.120. The van der Waals surface area contributed by atoms with Crippen LogP contribution in [0.15, 0.2) is 47.5 Å². The molecule has 7 nitrogen and oxygen atoms in total. The lowest BCUT2D eigenvalue weighted by Crippen LogP contribution is -2.47. The van der Waals surface area contributed by atoms with Crippen LogP contribution in [0.4, 0.5) is 4.39 Å². The maximum atomic E-state index is 14.0. The molecule has 0 saturated heterocycles. The van der Waals surface area contributed by atoms with E-state index in [1.165, 1.54) is 26.4 Å². The van der Waals surface area contributed by atoms with E-state index in [0.717, 1.165) is 0 Å². The number of carbonyl (C=O) groups excluding carboxylic acids is 2. The zero-order valence-electron chi connectivity index (χ0n) is 14.8. The van der Waals surface area contributed by atoms with Crippen molar-refractivity contribution in [1.29, 1.82) is 0 Å². The number of halogens is 1. The van der Waals surface area contributed by atoms with Crippen molar-refractivity contribution >= 4 is 17.8 Å². The van der Waals surface area contributed by atoms with Gasteiger partial charge in [0.25, 0.3) is 5.91 Å². The highest BCUT2D eigenvalue weighted by Gasteiger charge is 2.25. The van der Waals surface area contributed by atoms with Crippen molar-refractivity contribution < 1.29 is 23.5 Å². The topological polar surface area (TPSA) is 89.0 Å². The van der Waals surface area contributed by atoms with Gasteiger partial charge in [-0.25, -0.2) is 9.38 Å². The average molecular weight is 371 g/mol. The summed E-state index contributed by atoms with van der Waals surface area (Å²) in [5.41, 5.74) is 0.586. The van der Waals surface area contributed by atoms with E-state index in [2.05, 4.69) is 15.6 Å². The zero-order chi connectivity index (χ0) is 19.4. The Bertz CT molecular complexity index is 914. The lowest BCUT2D eigenvalue weighted by atomic mass is 10.0. The van der Waals surface area contributed by atoms with Gasteiger partial charge in [0.2, 0.25) is 11.9 Å². The molecule has 2 aromatic carbocycles. The van der Waals surface area contributed by atoms with Crippen LogP contribution in [0.1, 0.15) is 28.4 Å². The number of carbonyl (C=O) groups is 2. The minimum absolute atomic E-state index is 0.00331. The largest absolute Gasteiger partial charge is 0.493 e. The molecule has 140 valence electrons. The molecule has 0 bridgehead atoms. The molecule has 1 aliphatic heterocycles. The summed E-state index contributed by atoms with van der Waals surface area (Å²) in [4.78, 5) is 28.7. The van der Waals surface area contributed by atoms with Gasteiger partial charge in [0.05, 0.1) is 26.7 Å². The van der Waals surface area contributed by atoms with Gasteiger partial charge in [-0.05, 0) is 24.3 Å². The first-order chi connectivity index (χ1) is 13.0. The fraction of sp³-hybridized carbons (Fsp3) is 0.211. The summed E-state index contributed by atoms with van der Waals surface area (Å²) in [5, 5.41) is 5.02. The van der Waals surface area contributed by atoms with Crippen LogP contribution in [0.25, 0.3) is 0 Å². The van der Waals surface area contributed by atoms with Crippen LogP contribution in [0, 0.1) is 5.82 Å². The van der Waals surface area contributed by atoms with Crippen LogP contribution >= 0.6 is 0 Å². The molecule has 3 rings (SSSR count). The van der Waals surface area contributed by atoms with Crippen molar-refractivity contribution in [1.82, 2.24) is 10.6 Å². The Morgan fingerprint density at radius 3 is 2.63 bits per heavy atom. The Balaban J connectivity index is 1.82. The number of hydrogen-bond donors (Lipinski definition) is 2. The van der Waals surface area contributed by atoms with Gasteiger partial charge in [0.15, 0.2) is 11.5 Å². The third-order valence-corrected chi connectivity index (χ3v) is 4.06. The van der Waals surface area contributed by atoms with Gasteiger partial charge in [-0.3, -0.25) is 20.2 Å². The molecule has 2 amide bonds. The second kappa shape index (κ2) is 7.86. The number of nitrogens with one attached hydrogen (secondary N) is 2. The number of nitrogens with zero attached hydrogens (tertiary/aromatic N) is 1. The SMILES string of the molecule is COc1ccc(C(=O)NC2=N[C@@H](c3ccccc3F)CC(=O)N2)cc1OC. The van der Waals surface area contributed by atoms with E-state index in [-0.39, 0.29) is 23.9 Å². The van der Waals surface area contributed by atoms with Gasteiger partial charge in [-0.2, -0.15) is 0 Å². The molecular weight excluding hydrogens is 353 g/mol. The smallest absolute Gasteiger partial charge is 0.258 e. The summed E-state index contributed by atoms with van der Waals surface area (Å²) in [5.74, 6) is -0.461. The van der Waals surface area contributed by atoms with Gasteiger partial charge in [0, 0.05) is 11.1 Å². The number of aliphatic imine (C=N–C) groups is 1. The summed E-state index contributed by atoms with van der Waals surface area (Å²) in [6.07, 6.45) is -0.00331. The number of amides is 2. The molecule has 27 heavy (non-hydrogen) atoms. The molecule has 0 saturated carbocycles. The molecule has 0 spiro atoms. The summed E-state index contributed by atoms with van der Waals surface area (Å²) in [7, 11) is 2.96. The normalized spacial score (nSPS) is 16.2. The maximum Gasteiger partial charge on any atom is 0.258 e. The van der Waals surface area contributed by atoms with Gasteiger partial charge in [-0.15, -0.1) is 0 Å². The molecule has 0 radical (unpaired) electrons. The summed E-state index contributed by atoms with van der Waals surface area (Å²) >= 11 is 0. The number of hydrogen-bond acceptors (Lipinski definition) is 5. The maximum absolute atomic E-state index is 14.0. The molecule has 8 heteroatoms. The number of ether oxygens (including phenoxy) is 2. The van der Waals surface area contributed by atoms with Gasteiger partial charge in [-0.1, -0.05) is 18.2 Å². The third kappa shape index (κ3) is 4.05. The van der Waals surface area contributed by atoms with Crippen molar-refractivity contribution in [2.45, 2.75) is 12.5 Å². The third-order valence-electron chi connectivity index (χ3n) is 4.06. The van der Waals surface area contributed by atoms with Crippen LogP contribution in [0.5, 0.6) is 11.5 Å². The Morgan fingerprint density at radius 1 is 1.19 bits per heavy atom. The first-order valence-corrected chi connectivity index (χ1v) is 8.17. The lowest BCUT2D eigenvalue weighted by Gasteiger charge is -2.21. The number of guanidine groups is 1. The van der Waals surface area contributed by atoms with Crippen molar-refractivity contribution in [2.75, 3.05) is 14.2 Å². The highest BCUT2D eigenvalue weighted by molar-refractivity contribution is 6.10. The van der Waals surface area contributed by atoms with E-state index in [1.807, 2.05) is 0 Å². The van der Waals surface area contributed by atoms with E-state index in [1.54, 1.807) is 30.3 Å². The summed E-state index contributed by atoms with van der Waals surface area (Å²) in [6.45, 7) is 0. The molecule has 0 unspecified atom stereocenters. The molecule has 1 atom stereocenters. The molecule has 0 fully saturated rings. The van der Waals surface area contributed by atoms with E-state index in [0.29, 0.717) is 17.1 Å². The highest BCUT2D eigenvalue weighted by atomic mass is 19.1. The van der Waals surface area contributed by atoms with Crippen LogP contribution in [0.3, 0.4) is 0 Å².